The summed E-state index contributed by atoms with van der Waals surface area (Å²) in [6, 6.07) is 13.8. The number of ether oxygens (including phenoxy) is 2. The molecule has 0 unspecified atom stereocenters. The highest BCUT2D eigenvalue weighted by Crippen LogP contribution is 2.47. The zero-order valence-electron chi connectivity index (χ0n) is 20.1. The number of carboxylic acids is 1. The summed E-state index contributed by atoms with van der Waals surface area (Å²) in [5, 5.41) is 9.08. The minimum absolute atomic E-state index is 0.0303. The van der Waals surface area contributed by atoms with Crippen LogP contribution in [-0.4, -0.2) is 33.1 Å². The fourth-order valence-electron chi connectivity index (χ4n) is 4.19. The first-order valence-electron chi connectivity index (χ1n) is 11.7. The number of carboxylic acid groups (broad SMARTS) is 1. The first-order chi connectivity index (χ1) is 18.2. The van der Waals surface area contributed by atoms with Crippen molar-refractivity contribution in [2.75, 3.05) is 7.11 Å². The molecule has 0 amide bonds. The van der Waals surface area contributed by atoms with Gasteiger partial charge >= 0.3 is 12.1 Å². The van der Waals surface area contributed by atoms with Crippen LogP contribution < -0.4 is 9.47 Å². The number of alkyl halides is 3. The standard InChI is InChI=1S/C28H22F3N3O4/c1-37-20-13-33-26(34-14-20)18-5-3-17(4-6-18)21-10-16(2-8-24(21)28(29,30)31)15-38-19-7-9-25(32-12-19)22-11-23(22)27(35)36/h2-10,12-14,22-23H,11,15H2,1H3,(H,35,36)/t22-,23-/m1/s1. The van der Waals surface area contributed by atoms with E-state index in [-0.39, 0.29) is 18.1 Å². The Bertz CT molecular complexity index is 1440. The van der Waals surface area contributed by atoms with Gasteiger partial charge in [-0.25, -0.2) is 9.97 Å². The Balaban J connectivity index is 1.34. The predicted molar refractivity (Wildman–Crippen MR) is 132 cm³/mol. The number of nitrogens with zero attached hydrogens (tertiary/aromatic N) is 3. The van der Waals surface area contributed by atoms with Gasteiger partial charge in [0.2, 0.25) is 0 Å². The fourth-order valence-corrected chi connectivity index (χ4v) is 4.19. The molecule has 0 radical (unpaired) electrons. The van der Waals surface area contributed by atoms with Crippen LogP contribution in [0.2, 0.25) is 0 Å². The zero-order valence-corrected chi connectivity index (χ0v) is 20.1. The monoisotopic (exact) mass is 521 g/mol. The van der Waals surface area contributed by atoms with Gasteiger partial charge in [-0.15, -0.1) is 0 Å². The molecule has 0 spiro atoms. The number of carbonyl (C=O) groups is 1. The van der Waals surface area contributed by atoms with Crippen molar-refractivity contribution in [1.82, 2.24) is 15.0 Å². The summed E-state index contributed by atoms with van der Waals surface area (Å²) in [5.74, 6) is 0.0286. The molecule has 2 atom stereocenters. The molecule has 2 aromatic heterocycles. The van der Waals surface area contributed by atoms with Gasteiger partial charge in [0.15, 0.2) is 11.6 Å². The van der Waals surface area contributed by atoms with E-state index in [9.17, 15) is 18.0 Å². The third-order valence-corrected chi connectivity index (χ3v) is 6.36. The third kappa shape index (κ3) is 5.44. The molecule has 0 bridgehead atoms. The van der Waals surface area contributed by atoms with Crippen LogP contribution in [0, 0.1) is 5.92 Å². The summed E-state index contributed by atoms with van der Waals surface area (Å²) < 4.78 is 52.2. The summed E-state index contributed by atoms with van der Waals surface area (Å²) in [6.45, 7) is 0.0329. The molecule has 0 aliphatic heterocycles. The Labute approximate surface area is 215 Å². The molecule has 1 saturated carbocycles. The van der Waals surface area contributed by atoms with Crippen LogP contribution in [0.4, 0.5) is 13.2 Å². The van der Waals surface area contributed by atoms with Crippen molar-refractivity contribution in [2.45, 2.75) is 25.1 Å². The van der Waals surface area contributed by atoms with Gasteiger partial charge in [0, 0.05) is 17.2 Å². The molecule has 1 N–H and O–H groups in total. The van der Waals surface area contributed by atoms with Crippen LogP contribution in [0.15, 0.2) is 73.2 Å². The van der Waals surface area contributed by atoms with Gasteiger partial charge in [-0.05, 0) is 47.4 Å². The zero-order chi connectivity index (χ0) is 26.9. The van der Waals surface area contributed by atoms with Crippen molar-refractivity contribution < 1.29 is 32.5 Å². The van der Waals surface area contributed by atoms with Crippen LogP contribution in [-0.2, 0) is 17.6 Å². The smallest absolute Gasteiger partial charge is 0.417 e. The number of halogens is 3. The Morgan fingerprint density at radius 1 is 0.947 bits per heavy atom. The van der Waals surface area contributed by atoms with Crippen molar-refractivity contribution in [1.29, 1.82) is 0 Å². The Morgan fingerprint density at radius 3 is 2.21 bits per heavy atom. The normalized spacial score (nSPS) is 16.6. The number of hydrogen-bond acceptors (Lipinski definition) is 6. The minimum atomic E-state index is -4.54. The maximum Gasteiger partial charge on any atom is 0.417 e. The molecule has 0 saturated heterocycles. The van der Waals surface area contributed by atoms with E-state index in [2.05, 4.69) is 15.0 Å². The topological polar surface area (TPSA) is 94.4 Å². The quantitative estimate of drug-likeness (QED) is 0.304. The van der Waals surface area contributed by atoms with E-state index in [0.29, 0.717) is 46.1 Å². The molecule has 2 aromatic carbocycles. The van der Waals surface area contributed by atoms with Crippen LogP contribution in [0.3, 0.4) is 0 Å². The average Bonchev–Trinajstić information content (AvgIpc) is 3.73. The second-order valence-corrected chi connectivity index (χ2v) is 8.90. The molecular formula is C28H22F3N3O4. The highest BCUT2D eigenvalue weighted by atomic mass is 19.4. The second kappa shape index (κ2) is 10.1. The summed E-state index contributed by atoms with van der Waals surface area (Å²) in [5.41, 5.74) is 1.56. The molecule has 7 nitrogen and oxygen atoms in total. The number of aliphatic carboxylic acids is 1. The third-order valence-electron chi connectivity index (χ3n) is 6.36. The molecule has 2 heterocycles. The Kier molecular flexibility index (Phi) is 6.71. The molecular weight excluding hydrogens is 499 g/mol. The minimum Gasteiger partial charge on any atom is -0.494 e. The number of methoxy groups -OCH3 is 1. The lowest BCUT2D eigenvalue weighted by molar-refractivity contribution is -0.139. The maximum absolute atomic E-state index is 13.8. The molecule has 1 aliphatic carbocycles. The van der Waals surface area contributed by atoms with Gasteiger partial charge in [0.1, 0.15) is 12.4 Å². The molecule has 5 rings (SSSR count). The van der Waals surface area contributed by atoms with E-state index in [1.54, 1.807) is 36.4 Å². The van der Waals surface area contributed by atoms with Crippen LogP contribution >= 0.6 is 0 Å². The van der Waals surface area contributed by atoms with Gasteiger partial charge < -0.3 is 14.6 Å². The first kappa shape index (κ1) is 25.2. The van der Waals surface area contributed by atoms with Crippen LogP contribution in [0.1, 0.15) is 29.2 Å². The first-order valence-corrected chi connectivity index (χ1v) is 11.7. The maximum atomic E-state index is 13.8. The lowest BCUT2D eigenvalue weighted by Crippen LogP contribution is -2.08. The molecule has 1 fully saturated rings. The average molecular weight is 521 g/mol. The lowest BCUT2D eigenvalue weighted by Gasteiger charge is -2.15. The molecule has 1 aliphatic rings. The van der Waals surface area contributed by atoms with Crippen molar-refractivity contribution in [3.05, 3.63) is 90.0 Å². The van der Waals surface area contributed by atoms with Crippen molar-refractivity contribution >= 4 is 5.97 Å². The number of pyridine rings is 1. The molecule has 38 heavy (non-hydrogen) atoms. The van der Waals surface area contributed by atoms with Gasteiger partial charge in [-0.1, -0.05) is 30.3 Å². The summed E-state index contributed by atoms with van der Waals surface area (Å²) in [7, 11) is 1.50. The fraction of sp³-hybridized carbons (Fsp3) is 0.214. The van der Waals surface area contributed by atoms with Crippen LogP contribution in [0.25, 0.3) is 22.5 Å². The van der Waals surface area contributed by atoms with E-state index in [1.807, 2.05) is 0 Å². The summed E-state index contributed by atoms with van der Waals surface area (Å²) in [6.07, 6.45) is 0.553. The van der Waals surface area contributed by atoms with E-state index in [0.717, 1.165) is 6.07 Å². The number of aromatic nitrogens is 3. The van der Waals surface area contributed by atoms with E-state index in [4.69, 9.17) is 14.6 Å². The number of hydrogen-bond donors (Lipinski definition) is 1. The lowest BCUT2D eigenvalue weighted by atomic mass is 9.96. The van der Waals surface area contributed by atoms with E-state index < -0.39 is 23.6 Å². The van der Waals surface area contributed by atoms with Crippen molar-refractivity contribution in [3.63, 3.8) is 0 Å². The summed E-state index contributed by atoms with van der Waals surface area (Å²) in [4.78, 5) is 23.8. The highest BCUT2D eigenvalue weighted by Gasteiger charge is 2.45. The largest absolute Gasteiger partial charge is 0.494 e. The van der Waals surface area contributed by atoms with Crippen LogP contribution in [0.5, 0.6) is 11.5 Å². The highest BCUT2D eigenvalue weighted by molar-refractivity contribution is 5.75. The van der Waals surface area contributed by atoms with Gasteiger partial charge in [-0.3, -0.25) is 9.78 Å². The number of rotatable bonds is 8. The van der Waals surface area contributed by atoms with E-state index in [1.165, 1.54) is 37.8 Å². The SMILES string of the molecule is COc1cnc(-c2ccc(-c3cc(COc4ccc([C@@H]5C[C@H]5C(=O)O)nc4)ccc3C(F)(F)F)cc2)nc1. The second-order valence-electron chi connectivity index (χ2n) is 8.90. The molecule has 10 heteroatoms. The van der Waals surface area contributed by atoms with Gasteiger partial charge in [-0.2, -0.15) is 13.2 Å². The Hall–Kier alpha value is -4.47. The van der Waals surface area contributed by atoms with Gasteiger partial charge in [0.05, 0.1) is 37.2 Å². The van der Waals surface area contributed by atoms with Gasteiger partial charge in [0.25, 0.3) is 0 Å². The van der Waals surface area contributed by atoms with E-state index >= 15 is 0 Å². The number of benzene rings is 2. The molecule has 194 valence electrons. The summed E-state index contributed by atoms with van der Waals surface area (Å²) >= 11 is 0. The predicted octanol–water partition coefficient (Wildman–Crippen LogP) is 6.00. The molecule has 4 aromatic rings. The van der Waals surface area contributed by atoms with Crippen molar-refractivity contribution in [3.8, 4) is 34.0 Å². The van der Waals surface area contributed by atoms with Crippen molar-refractivity contribution in [2.24, 2.45) is 5.92 Å². The Morgan fingerprint density at radius 2 is 1.63 bits per heavy atom.